The highest BCUT2D eigenvalue weighted by Gasteiger charge is 2.24. The van der Waals surface area contributed by atoms with Gasteiger partial charge < -0.3 is 25.0 Å². The van der Waals surface area contributed by atoms with Gasteiger partial charge in [-0.15, -0.1) is 0 Å². The molecule has 0 bridgehead atoms. The molecule has 0 aromatic heterocycles. The van der Waals surface area contributed by atoms with E-state index in [-0.39, 0.29) is 25.3 Å². The highest BCUT2D eigenvalue weighted by molar-refractivity contribution is 7.86. The first-order valence-corrected chi connectivity index (χ1v) is 12.8. The van der Waals surface area contributed by atoms with E-state index >= 15 is 0 Å². The first-order chi connectivity index (χ1) is 16.9. The number of anilines is 2. The van der Waals surface area contributed by atoms with Crippen molar-refractivity contribution in [2.24, 2.45) is 0 Å². The van der Waals surface area contributed by atoms with Crippen molar-refractivity contribution in [3.63, 3.8) is 0 Å². The Labute approximate surface area is 204 Å². The fourth-order valence-electron chi connectivity index (χ4n) is 4.02. The monoisotopic (exact) mass is 503 g/mol. The van der Waals surface area contributed by atoms with E-state index in [2.05, 4.69) is 10.6 Å². The number of nitrogens with one attached hydrogen (secondary N) is 2. The van der Waals surface area contributed by atoms with Crippen LogP contribution in [0.2, 0.25) is 0 Å². The summed E-state index contributed by atoms with van der Waals surface area (Å²) in [6.45, 7) is -0.191. The normalized spacial score (nSPS) is 15.5. The minimum Gasteiger partial charge on any atom is -0.454 e. The van der Waals surface area contributed by atoms with Gasteiger partial charge in [-0.05, 0) is 49.2 Å². The SMILES string of the molecule is O=C(C[S@@](=O)CC(=O)N(CC(=O)NC1CCCC1)c1ccc(F)cc1)Nc1ccc2c(c1)OCO2. The molecule has 2 N–H and O–H groups in total. The zero-order chi connectivity index (χ0) is 24.8. The van der Waals surface area contributed by atoms with E-state index in [0.29, 0.717) is 22.9 Å². The van der Waals surface area contributed by atoms with Crippen molar-refractivity contribution >= 4 is 39.9 Å². The van der Waals surface area contributed by atoms with E-state index in [1.54, 1.807) is 18.2 Å². The van der Waals surface area contributed by atoms with Crippen LogP contribution in [0.5, 0.6) is 11.5 Å². The van der Waals surface area contributed by atoms with Gasteiger partial charge in [0, 0.05) is 34.3 Å². The summed E-state index contributed by atoms with van der Waals surface area (Å²) in [5, 5.41) is 5.53. The molecule has 2 aromatic rings. The number of ether oxygens (including phenoxy) is 2. The molecule has 1 aliphatic heterocycles. The first-order valence-electron chi connectivity index (χ1n) is 11.3. The number of hydrogen-bond acceptors (Lipinski definition) is 6. The van der Waals surface area contributed by atoms with Crippen molar-refractivity contribution in [3.05, 3.63) is 48.3 Å². The smallest absolute Gasteiger partial charge is 0.240 e. The van der Waals surface area contributed by atoms with E-state index in [9.17, 15) is 23.0 Å². The molecule has 1 atom stereocenters. The van der Waals surface area contributed by atoms with Crippen LogP contribution in [0, 0.1) is 5.82 Å². The molecule has 35 heavy (non-hydrogen) atoms. The number of carbonyl (C=O) groups excluding carboxylic acids is 3. The summed E-state index contributed by atoms with van der Waals surface area (Å²) in [6.07, 6.45) is 3.86. The summed E-state index contributed by atoms with van der Waals surface area (Å²) in [5.41, 5.74) is 0.749. The zero-order valence-electron chi connectivity index (χ0n) is 19.0. The molecule has 0 radical (unpaired) electrons. The average molecular weight is 504 g/mol. The topological polar surface area (TPSA) is 114 Å². The average Bonchev–Trinajstić information content (AvgIpc) is 3.49. The summed E-state index contributed by atoms with van der Waals surface area (Å²) >= 11 is 0. The van der Waals surface area contributed by atoms with Crippen LogP contribution in [0.3, 0.4) is 0 Å². The Hall–Kier alpha value is -3.47. The number of rotatable bonds is 9. The second kappa shape index (κ2) is 11.3. The molecule has 0 unspecified atom stereocenters. The van der Waals surface area contributed by atoms with Crippen molar-refractivity contribution in [2.75, 3.05) is 35.1 Å². The third-order valence-corrected chi connectivity index (χ3v) is 6.85. The Morgan fingerprint density at radius 2 is 1.69 bits per heavy atom. The van der Waals surface area contributed by atoms with E-state index in [4.69, 9.17) is 9.47 Å². The van der Waals surface area contributed by atoms with Gasteiger partial charge in [0.1, 0.15) is 23.9 Å². The number of amides is 3. The standard InChI is InChI=1S/C24H26FN3O6S/c25-16-5-8-19(9-6-16)28(12-22(29)26-17-3-1-2-4-17)24(31)14-35(32)13-23(30)27-18-7-10-20-21(11-18)34-15-33-20/h5-11,17H,1-4,12-15H2,(H,26,29)(H,27,30)/t35-/m1/s1. The minimum atomic E-state index is -1.84. The Morgan fingerprint density at radius 3 is 2.43 bits per heavy atom. The van der Waals surface area contributed by atoms with E-state index in [1.807, 2.05) is 0 Å². The maximum absolute atomic E-state index is 13.4. The zero-order valence-corrected chi connectivity index (χ0v) is 19.8. The number of carbonyl (C=O) groups is 3. The second-order valence-corrected chi connectivity index (χ2v) is 9.81. The fraction of sp³-hybridized carbons (Fsp3) is 0.375. The quantitative estimate of drug-likeness (QED) is 0.543. The number of halogens is 1. The van der Waals surface area contributed by atoms with Gasteiger partial charge in [-0.1, -0.05) is 12.8 Å². The summed E-state index contributed by atoms with van der Waals surface area (Å²) in [5.74, 6) is -1.80. The van der Waals surface area contributed by atoms with Crippen LogP contribution >= 0.6 is 0 Å². The van der Waals surface area contributed by atoms with Crippen LogP contribution in [0.15, 0.2) is 42.5 Å². The number of nitrogens with zero attached hydrogens (tertiary/aromatic N) is 1. The van der Waals surface area contributed by atoms with Crippen molar-refractivity contribution in [2.45, 2.75) is 31.7 Å². The van der Waals surface area contributed by atoms with Crippen LogP contribution in [-0.2, 0) is 25.2 Å². The third-order valence-electron chi connectivity index (χ3n) is 5.69. The molecule has 9 nitrogen and oxygen atoms in total. The van der Waals surface area contributed by atoms with Crippen LogP contribution in [-0.4, -0.2) is 52.8 Å². The van der Waals surface area contributed by atoms with Crippen LogP contribution in [0.4, 0.5) is 15.8 Å². The Morgan fingerprint density at radius 1 is 0.971 bits per heavy atom. The molecule has 4 rings (SSSR count). The molecular weight excluding hydrogens is 477 g/mol. The summed E-state index contributed by atoms with van der Waals surface area (Å²) in [7, 11) is -1.84. The van der Waals surface area contributed by atoms with Crippen molar-refractivity contribution in [1.29, 1.82) is 0 Å². The Bertz CT molecular complexity index is 1120. The fourth-order valence-corrected chi connectivity index (χ4v) is 4.91. The van der Waals surface area contributed by atoms with E-state index in [0.717, 1.165) is 30.6 Å². The van der Waals surface area contributed by atoms with Gasteiger partial charge in [0.15, 0.2) is 11.5 Å². The van der Waals surface area contributed by atoms with Gasteiger partial charge in [0.2, 0.25) is 24.5 Å². The lowest BCUT2D eigenvalue weighted by Crippen LogP contribution is -2.45. The molecule has 1 fully saturated rings. The number of hydrogen-bond donors (Lipinski definition) is 2. The molecule has 0 saturated heterocycles. The Kier molecular flexibility index (Phi) is 7.96. The van der Waals surface area contributed by atoms with Crippen molar-refractivity contribution in [3.8, 4) is 11.5 Å². The van der Waals surface area contributed by atoms with Gasteiger partial charge in [-0.25, -0.2) is 4.39 Å². The predicted molar refractivity (Wildman–Crippen MR) is 128 cm³/mol. The largest absolute Gasteiger partial charge is 0.454 e. The van der Waals surface area contributed by atoms with E-state index in [1.165, 1.54) is 24.3 Å². The molecule has 2 aromatic carbocycles. The maximum atomic E-state index is 13.4. The van der Waals surface area contributed by atoms with Crippen LogP contribution in [0.1, 0.15) is 25.7 Å². The number of benzene rings is 2. The van der Waals surface area contributed by atoms with Crippen molar-refractivity contribution < 1.29 is 32.5 Å². The first kappa shape index (κ1) is 24.6. The third kappa shape index (κ3) is 6.78. The van der Waals surface area contributed by atoms with Crippen LogP contribution < -0.4 is 25.0 Å². The highest BCUT2D eigenvalue weighted by atomic mass is 32.2. The summed E-state index contributed by atoms with van der Waals surface area (Å²) in [4.78, 5) is 39.0. The maximum Gasteiger partial charge on any atom is 0.240 e. The summed E-state index contributed by atoms with van der Waals surface area (Å²) in [6, 6.07) is 10.1. The Balaban J connectivity index is 1.35. The molecular formula is C24H26FN3O6S. The van der Waals surface area contributed by atoms with Gasteiger partial charge in [0.25, 0.3) is 0 Å². The lowest BCUT2D eigenvalue weighted by atomic mass is 10.2. The lowest BCUT2D eigenvalue weighted by molar-refractivity contribution is -0.123. The van der Waals surface area contributed by atoms with Gasteiger partial charge in [-0.2, -0.15) is 0 Å². The molecule has 0 spiro atoms. The van der Waals surface area contributed by atoms with Crippen molar-refractivity contribution in [1.82, 2.24) is 5.32 Å². The number of fused-ring (bicyclic) bond motifs is 1. The molecule has 1 saturated carbocycles. The molecule has 11 heteroatoms. The highest BCUT2D eigenvalue weighted by Crippen LogP contribution is 2.34. The molecule has 186 valence electrons. The second-order valence-electron chi connectivity index (χ2n) is 8.35. The minimum absolute atomic E-state index is 0.0710. The van der Waals surface area contributed by atoms with Gasteiger partial charge in [-0.3, -0.25) is 18.6 Å². The van der Waals surface area contributed by atoms with Gasteiger partial charge >= 0.3 is 0 Å². The molecule has 1 heterocycles. The summed E-state index contributed by atoms with van der Waals surface area (Å²) < 4.78 is 36.5. The van der Waals surface area contributed by atoms with Crippen LogP contribution in [0.25, 0.3) is 0 Å². The predicted octanol–water partition coefficient (Wildman–Crippen LogP) is 2.33. The van der Waals surface area contributed by atoms with Gasteiger partial charge in [0.05, 0.1) is 0 Å². The molecule has 3 amide bonds. The van der Waals surface area contributed by atoms with E-state index < -0.39 is 39.9 Å². The lowest BCUT2D eigenvalue weighted by Gasteiger charge is -2.23. The molecule has 2 aliphatic rings. The molecule has 1 aliphatic carbocycles.